The fourth-order valence-electron chi connectivity index (χ4n) is 2.43. The highest BCUT2D eigenvalue weighted by atomic mass is 16.2. The minimum Gasteiger partial charge on any atom is -0.319 e. The summed E-state index contributed by atoms with van der Waals surface area (Å²) in [6.45, 7) is 5.07. The first-order chi connectivity index (χ1) is 8.41. The first-order valence-electron chi connectivity index (χ1n) is 6.26. The molecule has 6 heteroatoms. The van der Waals surface area contributed by atoms with E-state index in [9.17, 15) is 14.4 Å². The van der Waals surface area contributed by atoms with Crippen molar-refractivity contribution in [3.8, 4) is 0 Å². The van der Waals surface area contributed by atoms with Crippen LogP contribution in [0.4, 0.5) is 0 Å². The molecule has 0 bridgehead atoms. The van der Waals surface area contributed by atoms with Crippen molar-refractivity contribution < 1.29 is 14.4 Å². The molecule has 100 valence electrons. The summed E-state index contributed by atoms with van der Waals surface area (Å²) in [5, 5.41) is 5.47. The number of nitrogens with zero attached hydrogens (tertiary/aromatic N) is 1. The molecule has 0 spiro atoms. The van der Waals surface area contributed by atoms with Gasteiger partial charge in [0.15, 0.2) is 0 Å². The van der Waals surface area contributed by atoms with Crippen LogP contribution in [0.1, 0.15) is 26.7 Å². The first-order valence-corrected chi connectivity index (χ1v) is 6.26. The fourth-order valence-corrected chi connectivity index (χ4v) is 2.43. The predicted molar refractivity (Wildman–Crippen MR) is 64.5 cm³/mol. The van der Waals surface area contributed by atoms with Crippen LogP contribution in [0, 0.1) is 5.92 Å². The maximum absolute atomic E-state index is 12.2. The molecule has 2 rings (SSSR count). The van der Waals surface area contributed by atoms with Crippen LogP contribution in [0.5, 0.6) is 0 Å². The highest BCUT2D eigenvalue weighted by molar-refractivity contribution is 6.06. The highest BCUT2D eigenvalue weighted by Gasteiger charge is 2.43. The van der Waals surface area contributed by atoms with Gasteiger partial charge in [0.1, 0.15) is 12.1 Å². The fraction of sp³-hybridized carbons (Fsp3) is 0.750. The van der Waals surface area contributed by atoms with Crippen LogP contribution in [0.15, 0.2) is 0 Å². The molecule has 2 N–H and O–H groups in total. The maximum Gasteiger partial charge on any atom is 0.252 e. The van der Waals surface area contributed by atoms with E-state index < -0.39 is 17.4 Å². The topological polar surface area (TPSA) is 78.5 Å². The van der Waals surface area contributed by atoms with Gasteiger partial charge in [-0.15, -0.1) is 0 Å². The number of hydrogen-bond donors (Lipinski definition) is 2. The molecule has 18 heavy (non-hydrogen) atoms. The van der Waals surface area contributed by atoms with E-state index in [4.69, 9.17) is 0 Å². The van der Waals surface area contributed by atoms with Gasteiger partial charge in [-0.2, -0.15) is 0 Å². The normalized spacial score (nSPS) is 27.2. The average Bonchev–Trinajstić information content (AvgIpc) is 2.76. The zero-order chi connectivity index (χ0) is 13.3. The second-order valence-corrected chi connectivity index (χ2v) is 5.48. The van der Waals surface area contributed by atoms with Crippen molar-refractivity contribution in [3.05, 3.63) is 0 Å². The Morgan fingerprint density at radius 1 is 1.44 bits per heavy atom. The largest absolute Gasteiger partial charge is 0.319 e. The number of carbonyl (C=O) groups excluding carboxylic acids is 3. The molecule has 2 saturated heterocycles. The summed E-state index contributed by atoms with van der Waals surface area (Å²) in [6.07, 6.45) is 1.37. The highest BCUT2D eigenvalue weighted by Crippen LogP contribution is 2.22. The number of carbonyl (C=O) groups is 3. The summed E-state index contributed by atoms with van der Waals surface area (Å²) < 4.78 is 0. The SMILES string of the molecule is CC1(C)C(=O)NC(=O)CN1C(=O)CC1CCNC1. The van der Waals surface area contributed by atoms with Crippen LogP contribution in [0.2, 0.25) is 0 Å². The Morgan fingerprint density at radius 3 is 2.78 bits per heavy atom. The Balaban J connectivity index is 2.06. The lowest BCUT2D eigenvalue weighted by atomic mass is 9.96. The number of nitrogens with one attached hydrogen (secondary N) is 2. The molecule has 0 radical (unpaired) electrons. The zero-order valence-corrected chi connectivity index (χ0v) is 10.8. The van der Waals surface area contributed by atoms with Crippen molar-refractivity contribution in [2.24, 2.45) is 5.92 Å². The Bertz CT molecular complexity index is 386. The molecule has 0 aliphatic carbocycles. The molecule has 6 nitrogen and oxygen atoms in total. The standard InChI is InChI=1S/C12H19N3O3/c1-12(2)11(18)14-9(16)7-15(12)10(17)5-8-3-4-13-6-8/h8,13H,3-7H2,1-2H3,(H,14,16,18). The second kappa shape index (κ2) is 4.68. The van der Waals surface area contributed by atoms with Crippen LogP contribution in [-0.4, -0.2) is 47.8 Å². The van der Waals surface area contributed by atoms with E-state index in [1.165, 1.54) is 4.90 Å². The molecule has 0 aromatic heterocycles. The number of imide groups is 1. The van der Waals surface area contributed by atoms with Gasteiger partial charge in [-0.1, -0.05) is 0 Å². The lowest BCUT2D eigenvalue weighted by Gasteiger charge is -2.40. The van der Waals surface area contributed by atoms with Crippen LogP contribution in [-0.2, 0) is 14.4 Å². The summed E-state index contributed by atoms with van der Waals surface area (Å²) in [5.41, 5.74) is -0.947. The van der Waals surface area contributed by atoms with E-state index in [2.05, 4.69) is 10.6 Å². The number of hydrogen-bond acceptors (Lipinski definition) is 4. The van der Waals surface area contributed by atoms with Crippen LogP contribution < -0.4 is 10.6 Å². The summed E-state index contributed by atoms with van der Waals surface area (Å²) in [6, 6.07) is 0. The van der Waals surface area contributed by atoms with Crippen molar-refractivity contribution in [1.29, 1.82) is 0 Å². The smallest absolute Gasteiger partial charge is 0.252 e. The summed E-state index contributed by atoms with van der Waals surface area (Å²) in [4.78, 5) is 36.7. The first kappa shape index (κ1) is 13.0. The van der Waals surface area contributed by atoms with Crippen LogP contribution in [0.3, 0.4) is 0 Å². The quantitative estimate of drug-likeness (QED) is 0.635. The third-order valence-corrected chi connectivity index (χ3v) is 3.71. The molecule has 2 heterocycles. The molecule has 2 fully saturated rings. The minimum absolute atomic E-state index is 0.0300. The molecule has 1 unspecified atom stereocenters. The molecule has 2 aliphatic heterocycles. The molecule has 2 aliphatic rings. The number of piperazine rings is 1. The van der Waals surface area contributed by atoms with Gasteiger partial charge in [0, 0.05) is 6.42 Å². The van der Waals surface area contributed by atoms with Crippen LogP contribution in [0.25, 0.3) is 0 Å². The van der Waals surface area contributed by atoms with Gasteiger partial charge < -0.3 is 10.2 Å². The number of amides is 3. The third-order valence-electron chi connectivity index (χ3n) is 3.71. The van der Waals surface area contributed by atoms with Gasteiger partial charge in [0.2, 0.25) is 11.8 Å². The summed E-state index contributed by atoms with van der Waals surface area (Å²) >= 11 is 0. The predicted octanol–water partition coefficient (Wildman–Crippen LogP) is -0.750. The van der Waals surface area contributed by atoms with E-state index in [0.717, 1.165) is 19.5 Å². The van der Waals surface area contributed by atoms with Gasteiger partial charge in [0.25, 0.3) is 5.91 Å². The monoisotopic (exact) mass is 253 g/mol. The maximum atomic E-state index is 12.2. The molecule has 0 aromatic rings. The third kappa shape index (κ3) is 2.38. The molecule has 0 aromatic carbocycles. The molecular weight excluding hydrogens is 234 g/mol. The van der Waals surface area contributed by atoms with Gasteiger partial charge >= 0.3 is 0 Å². The molecular formula is C12H19N3O3. The average molecular weight is 253 g/mol. The number of rotatable bonds is 2. The second-order valence-electron chi connectivity index (χ2n) is 5.48. The Kier molecular flexibility index (Phi) is 3.38. The van der Waals surface area contributed by atoms with Crippen LogP contribution >= 0.6 is 0 Å². The van der Waals surface area contributed by atoms with Gasteiger partial charge in [0.05, 0.1) is 0 Å². The van der Waals surface area contributed by atoms with E-state index in [-0.39, 0.29) is 12.5 Å². The van der Waals surface area contributed by atoms with Crippen molar-refractivity contribution >= 4 is 17.7 Å². The van der Waals surface area contributed by atoms with E-state index >= 15 is 0 Å². The Hall–Kier alpha value is -1.43. The minimum atomic E-state index is -0.947. The van der Waals surface area contributed by atoms with Crippen molar-refractivity contribution in [2.75, 3.05) is 19.6 Å². The van der Waals surface area contributed by atoms with Crippen molar-refractivity contribution in [2.45, 2.75) is 32.2 Å². The summed E-state index contributed by atoms with van der Waals surface area (Å²) in [7, 11) is 0. The lowest BCUT2D eigenvalue weighted by Crippen LogP contribution is -2.65. The molecule has 3 amide bonds. The van der Waals surface area contributed by atoms with Gasteiger partial charge in [-0.05, 0) is 39.3 Å². The molecule has 1 atom stereocenters. The zero-order valence-electron chi connectivity index (χ0n) is 10.8. The van der Waals surface area contributed by atoms with Gasteiger partial charge in [-0.25, -0.2) is 0 Å². The van der Waals surface area contributed by atoms with E-state index in [1.54, 1.807) is 13.8 Å². The van der Waals surface area contributed by atoms with E-state index in [0.29, 0.717) is 12.3 Å². The lowest BCUT2D eigenvalue weighted by molar-refractivity contribution is -0.156. The Labute approximate surface area is 106 Å². The summed E-state index contributed by atoms with van der Waals surface area (Å²) in [5.74, 6) is -0.612. The van der Waals surface area contributed by atoms with Crippen molar-refractivity contribution in [1.82, 2.24) is 15.5 Å². The molecule has 0 saturated carbocycles. The van der Waals surface area contributed by atoms with Gasteiger partial charge in [-0.3, -0.25) is 19.7 Å². The Morgan fingerprint density at radius 2 is 2.17 bits per heavy atom. The van der Waals surface area contributed by atoms with E-state index in [1.807, 2.05) is 0 Å². The van der Waals surface area contributed by atoms with Crippen molar-refractivity contribution in [3.63, 3.8) is 0 Å².